The summed E-state index contributed by atoms with van der Waals surface area (Å²) in [6, 6.07) is 3.62. The Labute approximate surface area is 196 Å². The smallest absolute Gasteiger partial charge is 0.162 e. The molecule has 31 heavy (non-hydrogen) atoms. The number of aryl methyl sites for hydroxylation is 1. The van der Waals surface area contributed by atoms with Crippen molar-refractivity contribution < 1.29 is 9.57 Å². The molecule has 0 aliphatic carbocycles. The molecule has 0 atom stereocenters. The fraction of sp³-hybridized carbons (Fsp3) is 0.565. The predicted molar refractivity (Wildman–Crippen MR) is 129 cm³/mol. The highest BCUT2D eigenvalue weighted by Crippen LogP contribution is 2.35. The molecule has 1 heterocycles. The summed E-state index contributed by atoms with van der Waals surface area (Å²) in [5.41, 5.74) is 1.23. The van der Waals surface area contributed by atoms with Crippen LogP contribution in [0.5, 0.6) is 5.75 Å². The van der Waals surface area contributed by atoms with Gasteiger partial charge in [0, 0.05) is 31.0 Å². The monoisotopic (exact) mass is 468 g/mol. The van der Waals surface area contributed by atoms with Crippen LogP contribution in [0.3, 0.4) is 0 Å². The summed E-state index contributed by atoms with van der Waals surface area (Å²) < 4.78 is 7.36. The molecule has 0 aliphatic heterocycles. The third-order valence-electron chi connectivity index (χ3n) is 4.94. The highest BCUT2D eigenvalue weighted by molar-refractivity contribution is 6.45. The summed E-state index contributed by atoms with van der Waals surface area (Å²) in [7, 11) is 1.56. The summed E-state index contributed by atoms with van der Waals surface area (Å²) in [5.74, 6) is 1.22. The van der Waals surface area contributed by atoms with Gasteiger partial charge in [-0.3, -0.25) is 4.90 Å². The standard InChI is InChI=1S/C23H34Cl2N4O2/c1-5-8-14-29-15-11-26-23(29)22(18-9-10-19(30-4)21(25)20(18)24)27-31-17-16-28(12-6-2)13-7-3/h9-11,15H,5-8,12-14,16-17H2,1-4H3/b27-22+. The van der Waals surface area contributed by atoms with Gasteiger partial charge in [0.15, 0.2) is 11.5 Å². The van der Waals surface area contributed by atoms with Crippen molar-refractivity contribution in [1.29, 1.82) is 0 Å². The van der Waals surface area contributed by atoms with Crippen molar-refractivity contribution in [3.63, 3.8) is 0 Å². The molecule has 0 unspecified atom stereocenters. The van der Waals surface area contributed by atoms with E-state index in [0.717, 1.165) is 51.9 Å². The van der Waals surface area contributed by atoms with Gasteiger partial charge in [-0.15, -0.1) is 0 Å². The first-order valence-corrected chi connectivity index (χ1v) is 11.8. The van der Waals surface area contributed by atoms with Crippen molar-refractivity contribution in [2.45, 2.75) is 53.0 Å². The number of imidazole rings is 1. The Morgan fingerprint density at radius 1 is 1.06 bits per heavy atom. The number of hydrogen-bond acceptors (Lipinski definition) is 5. The second kappa shape index (κ2) is 13.6. The van der Waals surface area contributed by atoms with Crippen LogP contribution in [-0.2, 0) is 11.4 Å². The number of benzene rings is 1. The largest absolute Gasteiger partial charge is 0.495 e. The lowest BCUT2D eigenvalue weighted by molar-refractivity contribution is 0.110. The van der Waals surface area contributed by atoms with E-state index in [0.29, 0.717) is 39.5 Å². The second-order valence-electron chi connectivity index (χ2n) is 7.36. The number of methoxy groups -OCH3 is 1. The molecular weight excluding hydrogens is 435 g/mol. The number of ether oxygens (including phenoxy) is 1. The van der Waals surface area contributed by atoms with Crippen molar-refractivity contribution in [2.75, 3.05) is 33.4 Å². The van der Waals surface area contributed by atoms with Gasteiger partial charge in [0.2, 0.25) is 0 Å². The minimum atomic E-state index is 0.345. The Hall–Kier alpha value is -1.76. The van der Waals surface area contributed by atoms with E-state index in [9.17, 15) is 0 Å². The fourth-order valence-corrected chi connectivity index (χ4v) is 3.85. The number of aromatic nitrogens is 2. The number of oxime groups is 1. The topological polar surface area (TPSA) is 51.9 Å². The van der Waals surface area contributed by atoms with E-state index in [4.69, 9.17) is 32.8 Å². The first-order valence-electron chi connectivity index (χ1n) is 11.0. The molecule has 8 heteroatoms. The van der Waals surface area contributed by atoms with Crippen molar-refractivity contribution in [3.8, 4) is 5.75 Å². The number of unbranched alkanes of at least 4 members (excludes halogenated alkanes) is 1. The van der Waals surface area contributed by atoms with Crippen LogP contribution in [0.1, 0.15) is 57.8 Å². The number of nitrogens with zero attached hydrogens (tertiary/aromatic N) is 4. The highest BCUT2D eigenvalue weighted by Gasteiger charge is 2.21. The zero-order valence-electron chi connectivity index (χ0n) is 19.0. The average molecular weight is 469 g/mol. The molecule has 0 spiro atoms. The van der Waals surface area contributed by atoms with Crippen LogP contribution in [0.2, 0.25) is 10.0 Å². The number of halogens is 2. The van der Waals surface area contributed by atoms with E-state index < -0.39 is 0 Å². The summed E-state index contributed by atoms with van der Waals surface area (Å²) in [6.45, 7) is 10.8. The van der Waals surface area contributed by atoms with Gasteiger partial charge in [-0.2, -0.15) is 0 Å². The van der Waals surface area contributed by atoms with Crippen LogP contribution in [-0.4, -0.2) is 53.5 Å². The van der Waals surface area contributed by atoms with E-state index in [1.807, 2.05) is 12.3 Å². The van der Waals surface area contributed by atoms with Crippen LogP contribution in [0.25, 0.3) is 0 Å². The number of rotatable bonds is 14. The van der Waals surface area contributed by atoms with Gasteiger partial charge in [-0.25, -0.2) is 4.98 Å². The second-order valence-corrected chi connectivity index (χ2v) is 8.11. The van der Waals surface area contributed by atoms with E-state index >= 15 is 0 Å². The van der Waals surface area contributed by atoms with E-state index in [2.05, 4.69) is 40.4 Å². The van der Waals surface area contributed by atoms with Gasteiger partial charge >= 0.3 is 0 Å². The Kier molecular flexibility index (Phi) is 11.2. The van der Waals surface area contributed by atoms with Crippen LogP contribution in [0, 0.1) is 0 Å². The molecule has 1 aromatic heterocycles. The van der Waals surface area contributed by atoms with Crippen molar-refractivity contribution >= 4 is 28.9 Å². The first-order chi connectivity index (χ1) is 15.1. The van der Waals surface area contributed by atoms with E-state index in [-0.39, 0.29) is 0 Å². The van der Waals surface area contributed by atoms with Crippen LogP contribution < -0.4 is 4.74 Å². The van der Waals surface area contributed by atoms with Crippen LogP contribution in [0.15, 0.2) is 29.7 Å². The Morgan fingerprint density at radius 3 is 2.45 bits per heavy atom. The van der Waals surface area contributed by atoms with Crippen molar-refractivity contribution in [3.05, 3.63) is 46.0 Å². The SMILES string of the molecule is CCCCn1ccnc1/C(=N/OCCN(CCC)CCC)c1ccc(OC)c(Cl)c1Cl. The van der Waals surface area contributed by atoms with Crippen LogP contribution in [0.4, 0.5) is 0 Å². The molecule has 0 bridgehead atoms. The summed E-state index contributed by atoms with van der Waals surface area (Å²) >= 11 is 13.0. The normalized spacial score (nSPS) is 11.9. The minimum Gasteiger partial charge on any atom is -0.495 e. The van der Waals surface area contributed by atoms with E-state index in [1.165, 1.54) is 0 Å². The Bertz CT molecular complexity index is 833. The molecule has 0 saturated carbocycles. The Balaban J connectivity index is 2.32. The molecular formula is C23H34Cl2N4O2. The molecule has 0 amide bonds. The third kappa shape index (κ3) is 7.13. The van der Waals surface area contributed by atoms with Gasteiger partial charge < -0.3 is 14.1 Å². The molecule has 1 aromatic carbocycles. The maximum atomic E-state index is 6.60. The van der Waals surface area contributed by atoms with Crippen molar-refractivity contribution in [2.24, 2.45) is 5.16 Å². The molecule has 0 radical (unpaired) electrons. The highest BCUT2D eigenvalue weighted by atomic mass is 35.5. The Morgan fingerprint density at radius 2 is 1.81 bits per heavy atom. The van der Waals surface area contributed by atoms with Gasteiger partial charge in [-0.1, -0.05) is 55.5 Å². The zero-order chi connectivity index (χ0) is 22.6. The summed E-state index contributed by atoms with van der Waals surface area (Å²) in [5, 5.41) is 5.19. The molecule has 172 valence electrons. The fourth-order valence-electron chi connectivity index (χ4n) is 3.37. The lowest BCUT2D eigenvalue weighted by Crippen LogP contribution is -2.29. The zero-order valence-corrected chi connectivity index (χ0v) is 20.5. The predicted octanol–water partition coefficient (Wildman–Crippen LogP) is 5.89. The van der Waals surface area contributed by atoms with Gasteiger partial charge in [0.1, 0.15) is 17.4 Å². The van der Waals surface area contributed by atoms with Gasteiger partial charge in [0.25, 0.3) is 0 Å². The summed E-state index contributed by atoms with van der Waals surface area (Å²) in [6.07, 6.45) is 8.07. The molecule has 0 fully saturated rings. The molecule has 2 aromatic rings. The lowest BCUT2D eigenvalue weighted by atomic mass is 10.1. The van der Waals surface area contributed by atoms with Crippen molar-refractivity contribution in [1.82, 2.24) is 14.5 Å². The maximum Gasteiger partial charge on any atom is 0.162 e. The lowest BCUT2D eigenvalue weighted by Gasteiger charge is -2.20. The summed E-state index contributed by atoms with van der Waals surface area (Å²) in [4.78, 5) is 12.7. The maximum absolute atomic E-state index is 6.60. The molecule has 0 saturated heterocycles. The molecule has 2 rings (SSSR count). The van der Waals surface area contributed by atoms with Crippen LogP contribution >= 0.6 is 23.2 Å². The quantitative estimate of drug-likeness (QED) is 0.197. The molecule has 0 aliphatic rings. The first kappa shape index (κ1) is 25.5. The third-order valence-corrected chi connectivity index (χ3v) is 5.80. The minimum absolute atomic E-state index is 0.345. The average Bonchev–Trinajstić information content (AvgIpc) is 3.23. The van der Waals surface area contributed by atoms with E-state index in [1.54, 1.807) is 19.4 Å². The number of hydrogen-bond donors (Lipinski definition) is 0. The molecule has 6 nitrogen and oxygen atoms in total. The van der Waals surface area contributed by atoms with Gasteiger partial charge in [-0.05, 0) is 44.5 Å². The van der Waals surface area contributed by atoms with Gasteiger partial charge in [0.05, 0.1) is 12.1 Å². The molecule has 0 N–H and O–H groups in total.